The molecule has 1 saturated carbocycles. The van der Waals surface area contributed by atoms with Crippen LogP contribution in [0.4, 0.5) is 5.69 Å². The lowest BCUT2D eigenvalue weighted by Crippen LogP contribution is -2.41. The standard InChI is InChI=1S/C15H16N2O4S/c18-13(17(8-14(19)20)9-5-6-9)7-12-15(21)16-10-3-1-2-4-11(10)22-12/h1-4,9,12H,5-8H2,(H,16,21)(H,19,20). The minimum Gasteiger partial charge on any atom is -0.480 e. The third-order valence-electron chi connectivity index (χ3n) is 3.68. The summed E-state index contributed by atoms with van der Waals surface area (Å²) < 4.78 is 0. The smallest absolute Gasteiger partial charge is 0.323 e. The Morgan fingerprint density at radius 3 is 2.73 bits per heavy atom. The van der Waals surface area contributed by atoms with Gasteiger partial charge in [-0.15, -0.1) is 11.8 Å². The van der Waals surface area contributed by atoms with Crippen molar-refractivity contribution in [2.75, 3.05) is 11.9 Å². The maximum atomic E-state index is 12.4. The lowest BCUT2D eigenvalue weighted by Gasteiger charge is -2.26. The van der Waals surface area contributed by atoms with Crippen molar-refractivity contribution in [1.82, 2.24) is 4.90 Å². The van der Waals surface area contributed by atoms with Crippen LogP contribution in [0.2, 0.25) is 0 Å². The van der Waals surface area contributed by atoms with Gasteiger partial charge in [0.05, 0.1) is 10.9 Å². The lowest BCUT2D eigenvalue weighted by atomic mass is 10.2. The van der Waals surface area contributed by atoms with Crippen LogP contribution in [0, 0.1) is 0 Å². The third kappa shape index (κ3) is 3.24. The zero-order valence-electron chi connectivity index (χ0n) is 11.8. The molecule has 0 saturated heterocycles. The summed E-state index contributed by atoms with van der Waals surface area (Å²) in [5.41, 5.74) is 0.755. The molecule has 2 N–H and O–H groups in total. The molecule has 0 radical (unpaired) electrons. The largest absolute Gasteiger partial charge is 0.480 e. The van der Waals surface area contributed by atoms with Gasteiger partial charge in [0.25, 0.3) is 0 Å². The molecule has 1 aliphatic carbocycles. The van der Waals surface area contributed by atoms with Crippen LogP contribution in [0.3, 0.4) is 0 Å². The number of carboxylic acid groups (broad SMARTS) is 1. The summed E-state index contributed by atoms with van der Waals surface area (Å²) in [6.45, 7) is -0.293. The monoisotopic (exact) mass is 320 g/mol. The van der Waals surface area contributed by atoms with E-state index in [4.69, 9.17) is 5.11 Å². The Kier molecular flexibility index (Phi) is 4.06. The zero-order chi connectivity index (χ0) is 15.7. The summed E-state index contributed by atoms with van der Waals surface area (Å²) in [7, 11) is 0. The Labute approximate surface area is 131 Å². The van der Waals surface area contributed by atoms with Gasteiger partial charge in [-0.25, -0.2) is 0 Å². The molecule has 7 heteroatoms. The third-order valence-corrected chi connectivity index (χ3v) is 4.96. The van der Waals surface area contributed by atoms with Crippen molar-refractivity contribution < 1.29 is 19.5 Å². The fourth-order valence-electron chi connectivity index (χ4n) is 2.46. The topological polar surface area (TPSA) is 86.7 Å². The lowest BCUT2D eigenvalue weighted by molar-refractivity contribution is -0.145. The first kappa shape index (κ1) is 14.9. The molecule has 1 unspecified atom stereocenters. The number of nitrogens with zero attached hydrogens (tertiary/aromatic N) is 1. The minimum absolute atomic E-state index is 0.0209. The summed E-state index contributed by atoms with van der Waals surface area (Å²) in [5, 5.41) is 11.2. The van der Waals surface area contributed by atoms with E-state index in [0.29, 0.717) is 0 Å². The number of carboxylic acids is 1. The van der Waals surface area contributed by atoms with Crippen LogP contribution in [-0.4, -0.2) is 45.6 Å². The predicted molar refractivity (Wildman–Crippen MR) is 81.7 cm³/mol. The van der Waals surface area contributed by atoms with Gasteiger partial charge < -0.3 is 15.3 Å². The van der Waals surface area contributed by atoms with Crippen molar-refractivity contribution in [3.63, 3.8) is 0 Å². The molecule has 1 fully saturated rings. The molecule has 22 heavy (non-hydrogen) atoms. The molecular weight excluding hydrogens is 304 g/mol. The molecular formula is C15H16N2O4S. The maximum Gasteiger partial charge on any atom is 0.323 e. The molecule has 0 spiro atoms. The highest BCUT2D eigenvalue weighted by Gasteiger charge is 2.37. The summed E-state index contributed by atoms with van der Waals surface area (Å²) in [5.74, 6) is -1.49. The Morgan fingerprint density at radius 2 is 2.05 bits per heavy atom. The normalized spacial score (nSPS) is 20.0. The van der Waals surface area contributed by atoms with E-state index in [1.165, 1.54) is 16.7 Å². The van der Waals surface area contributed by atoms with Gasteiger partial charge >= 0.3 is 5.97 Å². The highest BCUT2D eigenvalue weighted by atomic mass is 32.2. The van der Waals surface area contributed by atoms with Crippen molar-refractivity contribution in [3.05, 3.63) is 24.3 Å². The van der Waals surface area contributed by atoms with Gasteiger partial charge in [-0.05, 0) is 25.0 Å². The highest BCUT2D eigenvalue weighted by Crippen LogP contribution is 2.37. The fourth-order valence-corrected chi connectivity index (χ4v) is 3.56. The molecule has 1 atom stereocenters. The van der Waals surface area contributed by atoms with E-state index in [1.807, 2.05) is 24.3 Å². The molecule has 0 aromatic heterocycles. The number of nitrogens with one attached hydrogen (secondary N) is 1. The number of carbonyl (C=O) groups is 3. The first-order chi connectivity index (χ1) is 10.5. The number of thioether (sulfide) groups is 1. The summed E-state index contributed by atoms with van der Waals surface area (Å²) in [4.78, 5) is 37.7. The SMILES string of the molecule is O=C(O)CN(C(=O)CC1Sc2ccccc2NC1=O)C1CC1. The Balaban J connectivity index is 1.68. The Hall–Kier alpha value is -2.02. The van der Waals surface area contributed by atoms with Gasteiger partial charge in [0, 0.05) is 17.4 Å². The van der Waals surface area contributed by atoms with Crippen LogP contribution >= 0.6 is 11.8 Å². The van der Waals surface area contributed by atoms with Crippen LogP contribution in [0.15, 0.2) is 29.2 Å². The average molecular weight is 320 g/mol. The van der Waals surface area contributed by atoms with Crippen LogP contribution in [0.5, 0.6) is 0 Å². The molecule has 116 valence electrons. The number of amides is 2. The molecule has 2 aliphatic rings. The fraction of sp³-hybridized carbons (Fsp3) is 0.400. The number of anilines is 1. The van der Waals surface area contributed by atoms with E-state index in [2.05, 4.69) is 5.32 Å². The number of carbonyl (C=O) groups excluding carboxylic acids is 2. The number of aliphatic carboxylic acids is 1. The highest BCUT2D eigenvalue weighted by molar-refractivity contribution is 8.01. The first-order valence-corrected chi connectivity index (χ1v) is 8.00. The van der Waals surface area contributed by atoms with Gasteiger partial charge in [0.2, 0.25) is 11.8 Å². The quantitative estimate of drug-likeness (QED) is 0.860. The summed E-state index contributed by atoms with van der Waals surface area (Å²) in [6, 6.07) is 7.45. The van der Waals surface area contributed by atoms with E-state index in [0.717, 1.165) is 23.4 Å². The van der Waals surface area contributed by atoms with Gasteiger partial charge in [-0.3, -0.25) is 14.4 Å². The average Bonchev–Trinajstić information content (AvgIpc) is 3.29. The van der Waals surface area contributed by atoms with Crippen LogP contribution in [-0.2, 0) is 14.4 Å². The van der Waals surface area contributed by atoms with E-state index in [9.17, 15) is 14.4 Å². The number of benzene rings is 1. The molecule has 1 aromatic carbocycles. The molecule has 1 heterocycles. The number of hydrogen-bond acceptors (Lipinski definition) is 4. The van der Waals surface area contributed by atoms with Crippen molar-refractivity contribution >= 4 is 35.2 Å². The second-order valence-electron chi connectivity index (χ2n) is 5.44. The van der Waals surface area contributed by atoms with E-state index in [1.54, 1.807) is 0 Å². The molecule has 6 nitrogen and oxygen atoms in total. The van der Waals surface area contributed by atoms with Crippen LogP contribution in [0.1, 0.15) is 19.3 Å². The van der Waals surface area contributed by atoms with Crippen molar-refractivity contribution in [1.29, 1.82) is 0 Å². The minimum atomic E-state index is -1.02. The second-order valence-corrected chi connectivity index (χ2v) is 6.69. The molecule has 2 amide bonds. The van der Waals surface area contributed by atoms with Crippen molar-refractivity contribution in [2.24, 2.45) is 0 Å². The number of hydrogen-bond donors (Lipinski definition) is 2. The van der Waals surface area contributed by atoms with E-state index < -0.39 is 11.2 Å². The van der Waals surface area contributed by atoms with Crippen LogP contribution < -0.4 is 5.32 Å². The van der Waals surface area contributed by atoms with Gasteiger partial charge in [0.1, 0.15) is 6.54 Å². The number of para-hydroxylation sites is 1. The molecule has 1 aromatic rings. The van der Waals surface area contributed by atoms with Gasteiger partial charge in [0.15, 0.2) is 0 Å². The number of fused-ring (bicyclic) bond motifs is 1. The first-order valence-electron chi connectivity index (χ1n) is 7.12. The summed E-state index contributed by atoms with van der Waals surface area (Å²) >= 11 is 1.35. The summed E-state index contributed by atoms with van der Waals surface area (Å²) in [6.07, 6.45) is 1.70. The molecule has 0 bridgehead atoms. The zero-order valence-corrected chi connectivity index (χ0v) is 12.6. The van der Waals surface area contributed by atoms with Gasteiger partial charge in [-0.1, -0.05) is 12.1 Å². The van der Waals surface area contributed by atoms with E-state index >= 15 is 0 Å². The Morgan fingerprint density at radius 1 is 1.32 bits per heavy atom. The molecule has 3 rings (SSSR count). The second kappa shape index (κ2) is 6.00. The predicted octanol–water partition coefficient (Wildman–Crippen LogP) is 1.57. The maximum absolute atomic E-state index is 12.4. The van der Waals surface area contributed by atoms with Gasteiger partial charge in [-0.2, -0.15) is 0 Å². The number of rotatable bonds is 5. The van der Waals surface area contributed by atoms with Crippen molar-refractivity contribution in [3.8, 4) is 0 Å². The van der Waals surface area contributed by atoms with E-state index in [-0.39, 0.29) is 30.8 Å². The van der Waals surface area contributed by atoms with Crippen LogP contribution in [0.25, 0.3) is 0 Å². The molecule has 1 aliphatic heterocycles. The van der Waals surface area contributed by atoms with Crippen molar-refractivity contribution in [2.45, 2.75) is 35.4 Å². The Bertz CT molecular complexity index is 630.